The van der Waals surface area contributed by atoms with Crippen molar-refractivity contribution in [2.24, 2.45) is 0 Å². The Morgan fingerprint density at radius 2 is 1.70 bits per heavy atom. The van der Waals surface area contributed by atoms with Crippen molar-refractivity contribution in [2.75, 3.05) is 19.0 Å². The number of carbonyl (C=O) groups excluding carboxylic acids is 1. The van der Waals surface area contributed by atoms with Gasteiger partial charge >= 0.3 is 12.0 Å². The first-order chi connectivity index (χ1) is 9.21. The molecule has 0 radical (unpaired) electrons. The molecule has 0 unspecified atom stereocenters. The number of nitrogens with zero attached hydrogens (tertiary/aromatic N) is 3. The number of carboxylic acid groups (broad SMARTS) is 1. The van der Waals surface area contributed by atoms with Crippen LogP contribution in [-0.4, -0.2) is 41.6 Å². The Bertz CT molecular complexity index is 558. The van der Waals surface area contributed by atoms with Gasteiger partial charge in [0.25, 0.3) is 0 Å². The quantitative estimate of drug-likeness (QED) is 0.913. The van der Waals surface area contributed by atoms with Crippen molar-refractivity contribution < 1.29 is 14.7 Å². The van der Waals surface area contributed by atoms with Gasteiger partial charge in [-0.2, -0.15) is 5.26 Å². The molecule has 0 bridgehead atoms. The molecule has 20 heavy (non-hydrogen) atoms. The maximum absolute atomic E-state index is 12.3. The third kappa shape index (κ3) is 2.88. The van der Waals surface area contributed by atoms with E-state index in [1.807, 2.05) is 6.07 Å². The fraction of sp³-hybridized carbons (Fsp3) is 0.357. The number of carboxylic acids is 1. The van der Waals surface area contributed by atoms with Crippen LogP contribution in [0.1, 0.15) is 19.4 Å². The van der Waals surface area contributed by atoms with Gasteiger partial charge in [0.2, 0.25) is 0 Å². The number of nitriles is 1. The number of urea groups is 1. The van der Waals surface area contributed by atoms with E-state index in [1.165, 1.54) is 25.8 Å². The van der Waals surface area contributed by atoms with Crippen LogP contribution in [0, 0.1) is 11.3 Å². The fourth-order valence-electron chi connectivity index (χ4n) is 1.48. The summed E-state index contributed by atoms with van der Waals surface area (Å²) in [5.74, 6) is -1.08. The van der Waals surface area contributed by atoms with E-state index in [9.17, 15) is 9.59 Å². The molecule has 0 heterocycles. The lowest BCUT2D eigenvalue weighted by molar-refractivity contribution is -0.146. The van der Waals surface area contributed by atoms with Gasteiger partial charge in [0.05, 0.1) is 11.6 Å². The van der Waals surface area contributed by atoms with Crippen LogP contribution in [0.25, 0.3) is 0 Å². The Balaban J connectivity index is 2.96. The summed E-state index contributed by atoms with van der Waals surface area (Å²) in [7, 11) is 2.99. The van der Waals surface area contributed by atoms with Crippen LogP contribution in [-0.2, 0) is 4.79 Å². The number of aliphatic carboxylic acids is 1. The summed E-state index contributed by atoms with van der Waals surface area (Å²) in [5, 5.41) is 17.9. The summed E-state index contributed by atoms with van der Waals surface area (Å²) in [6.45, 7) is 2.92. The molecule has 1 aromatic rings. The smallest absolute Gasteiger partial charge is 0.329 e. The molecule has 0 saturated heterocycles. The van der Waals surface area contributed by atoms with Crippen molar-refractivity contribution in [1.29, 1.82) is 5.26 Å². The monoisotopic (exact) mass is 275 g/mol. The Morgan fingerprint density at radius 3 is 2.10 bits per heavy atom. The summed E-state index contributed by atoms with van der Waals surface area (Å²) in [6.07, 6.45) is 0. The summed E-state index contributed by atoms with van der Waals surface area (Å²) < 4.78 is 0. The lowest BCUT2D eigenvalue weighted by Gasteiger charge is -2.34. The minimum atomic E-state index is -1.31. The first-order valence-corrected chi connectivity index (χ1v) is 5.97. The molecule has 1 aromatic carbocycles. The SMILES string of the molecule is CN(C(=O)N(C)C(C)(C)C(=O)O)c1ccc(C#N)cc1. The highest BCUT2D eigenvalue weighted by Crippen LogP contribution is 2.19. The third-order valence-electron chi connectivity index (χ3n) is 3.32. The lowest BCUT2D eigenvalue weighted by atomic mass is 10.0. The molecule has 1 N–H and O–H groups in total. The zero-order chi connectivity index (χ0) is 15.5. The molecule has 0 aliphatic rings. The van der Waals surface area contributed by atoms with Crippen LogP contribution in [0.2, 0.25) is 0 Å². The molecule has 2 amide bonds. The highest BCUT2D eigenvalue weighted by Gasteiger charge is 2.36. The predicted octanol–water partition coefficient (Wildman–Crippen LogP) is 1.91. The fourth-order valence-corrected chi connectivity index (χ4v) is 1.48. The first kappa shape index (κ1) is 15.5. The van der Waals surface area contributed by atoms with Crippen LogP contribution in [0.4, 0.5) is 10.5 Å². The van der Waals surface area contributed by atoms with Crippen LogP contribution >= 0.6 is 0 Å². The largest absolute Gasteiger partial charge is 0.480 e. The molecule has 0 aromatic heterocycles. The number of benzene rings is 1. The van der Waals surface area contributed by atoms with Crippen molar-refractivity contribution in [3.8, 4) is 6.07 Å². The van der Waals surface area contributed by atoms with Crippen LogP contribution in [0.3, 0.4) is 0 Å². The van der Waals surface area contributed by atoms with E-state index in [1.54, 1.807) is 31.3 Å². The molecule has 0 spiro atoms. The van der Waals surface area contributed by atoms with Crippen molar-refractivity contribution in [1.82, 2.24) is 4.90 Å². The second-order valence-corrected chi connectivity index (χ2v) is 4.92. The topological polar surface area (TPSA) is 84.6 Å². The molecule has 1 rings (SSSR count). The molecule has 106 valence electrons. The first-order valence-electron chi connectivity index (χ1n) is 5.97. The summed E-state index contributed by atoms with van der Waals surface area (Å²) in [5.41, 5.74) is -0.228. The number of hydrogen-bond acceptors (Lipinski definition) is 3. The van der Waals surface area contributed by atoms with E-state index in [-0.39, 0.29) is 0 Å². The van der Waals surface area contributed by atoms with Gasteiger partial charge in [0.15, 0.2) is 0 Å². The van der Waals surface area contributed by atoms with E-state index in [0.717, 1.165) is 4.90 Å². The number of amides is 2. The molecule has 0 aliphatic heterocycles. The van der Waals surface area contributed by atoms with Crippen molar-refractivity contribution in [3.63, 3.8) is 0 Å². The average molecular weight is 275 g/mol. The van der Waals surface area contributed by atoms with Crippen LogP contribution in [0.15, 0.2) is 24.3 Å². The van der Waals surface area contributed by atoms with E-state index < -0.39 is 17.5 Å². The van der Waals surface area contributed by atoms with Crippen LogP contribution in [0.5, 0.6) is 0 Å². The summed E-state index contributed by atoms with van der Waals surface area (Å²) >= 11 is 0. The summed E-state index contributed by atoms with van der Waals surface area (Å²) in [4.78, 5) is 25.9. The third-order valence-corrected chi connectivity index (χ3v) is 3.32. The van der Waals surface area contributed by atoms with Crippen molar-refractivity contribution >= 4 is 17.7 Å². The number of carbonyl (C=O) groups is 2. The molecular formula is C14H17N3O3. The minimum absolute atomic E-state index is 0.442. The molecule has 0 atom stereocenters. The molecule has 0 saturated carbocycles. The maximum atomic E-state index is 12.3. The van der Waals surface area contributed by atoms with Gasteiger partial charge in [-0.3, -0.25) is 4.90 Å². The summed E-state index contributed by atoms with van der Waals surface area (Å²) in [6, 6.07) is 8.02. The highest BCUT2D eigenvalue weighted by molar-refractivity contribution is 5.95. The van der Waals surface area contributed by atoms with Gasteiger partial charge in [-0.15, -0.1) is 0 Å². The average Bonchev–Trinajstić information content (AvgIpc) is 2.44. The molecule has 6 heteroatoms. The van der Waals surface area contributed by atoms with E-state index in [2.05, 4.69) is 0 Å². The molecule has 0 aliphatic carbocycles. The van der Waals surface area contributed by atoms with Gasteiger partial charge in [0.1, 0.15) is 5.54 Å². The Kier molecular flexibility index (Phi) is 4.35. The van der Waals surface area contributed by atoms with Crippen molar-refractivity contribution in [3.05, 3.63) is 29.8 Å². The zero-order valence-electron chi connectivity index (χ0n) is 11.9. The second-order valence-electron chi connectivity index (χ2n) is 4.92. The highest BCUT2D eigenvalue weighted by atomic mass is 16.4. The van der Waals surface area contributed by atoms with Gasteiger partial charge in [-0.25, -0.2) is 9.59 Å². The number of likely N-dealkylation sites (N-methyl/N-ethyl adjacent to an activating group) is 1. The zero-order valence-corrected chi connectivity index (χ0v) is 11.9. The standard InChI is InChI=1S/C14H17N3O3/c1-14(2,12(18)19)17(4)13(20)16(3)11-7-5-10(9-15)6-8-11/h5-8H,1-4H3,(H,18,19). The second kappa shape index (κ2) is 5.61. The Hall–Kier alpha value is -2.55. The van der Waals surface area contributed by atoms with Crippen molar-refractivity contribution in [2.45, 2.75) is 19.4 Å². The Morgan fingerprint density at radius 1 is 1.20 bits per heavy atom. The molecular weight excluding hydrogens is 258 g/mol. The van der Waals surface area contributed by atoms with Crippen LogP contribution < -0.4 is 4.90 Å². The minimum Gasteiger partial charge on any atom is -0.480 e. The van der Waals surface area contributed by atoms with E-state index in [0.29, 0.717) is 11.3 Å². The number of hydrogen-bond donors (Lipinski definition) is 1. The number of rotatable bonds is 3. The Labute approximate surface area is 117 Å². The predicted molar refractivity (Wildman–Crippen MR) is 74.4 cm³/mol. The molecule has 6 nitrogen and oxygen atoms in total. The van der Waals surface area contributed by atoms with Gasteiger partial charge in [-0.05, 0) is 38.1 Å². The van der Waals surface area contributed by atoms with Gasteiger partial charge in [-0.1, -0.05) is 0 Å². The van der Waals surface area contributed by atoms with Gasteiger partial charge in [0, 0.05) is 19.8 Å². The lowest BCUT2D eigenvalue weighted by Crippen LogP contribution is -2.54. The normalized spacial score (nSPS) is 10.6. The molecule has 0 fully saturated rings. The van der Waals surface area contributed by atoms with E-state index in [4.69, 9.17) is 10.4 Å². The number of anilines is 1. The maximum Gasteiger partial charge on any atom is 0.329 e. The van der Waals surface area contributed by atoms with E-state index >= 15 is 0 Å². The van der Waals surface area contributed by atoms with Gasteiger partial charge < -0.3 is 10.0 Å².